The normalized spacial score (nSPS) is 13.1. The van der Waals surface area contributed by atoms with Crippen LogP contribution >= 0.6 is 0 Å². The Morgan fingerprint density at radius 1 is 0.636 bits per heavy atom. The third-order valence-corrected chi connectivity index (χ3v) is 9.04. The summed E-state index contributed by atoms with van der Waals surface area (Å²) in [4.78, 5) is 0. The van der Waals surface area contributed by atoms with Crippen LogP contribution in [0.2, 0.25) is 0 Å². The van der Waals surface area contributed by atoms with Crippen LogP contribution in [0.25, 0.3) is 44.2 Å². The topological polar surface area (TPSA) is 47.6 Å². The van der Waals surface area contributed by atoms with Gasteiger partial charge in [0.15, 0.2) is 0 Å². The Bertz CT molecular complexity index is 2150. The van der Waals surface area contributed by atoms with Gasteiger partial charge in [0.25, 0.3) is 0 Å². The summed E-state index contributed by atoms with van der Waals surface area (Å²) in [7, 11) is 0. The molecule has 7 rings (SSSR count). The summed E-state index contributed by atoms with van der Waals surface area (Å²) in [6, 6.07) is 49.6. The van der Waals surface area contributed by atoms with Gasteiger partial charge in [0.1, 0.15) is 0 Å². The number of benzene rings is 6. The van der Waals surface area contributed by atoms with E-state index in [1.165, 1.54) is 50.4 Å². The zero-order valence-corrected chi connectivity index (χ0v) is 24.5. The Balaban J connectivity index is 1.40. The molecule has 44 heavy (non-hydrogen) atoms. The Labute approximate surface area is 258 Å². The predicted molar refractivity (Wildman–Crippen MR) is 183 cm³/mol. The van der Waals surface area contributed by atoms with Crippen molar-refractivity contribution in [3.05, 3.63) is 180 Å². The molecule has 6 aromatic carbocycles. The van der Waals surface area contributed by atoms with Gasteiger partial charge in [-0.25, -0.2) is 0 Å². The van der Waals surface area contributed by atoms with E-state index in [1.54, 1.807) is 6.08 Å². The number of fused-ring (bicyclic) bond motifs is 4. The zero-order valence-electron chi connectivity index (χ0n) is 24.5. The van der Waals surface area contributed by atoms with Crippen LogP contribution in [-0.2, 0) is 5.41 Å². The molecular weight excluding hydrogens is 532 g/mol. The maximum Gasteiger partial charge on any atom is 0.0992 e. The van der Waals surface area contributed by atoms with Gasteiger partial charge in [-0.05, 0) is 79.9 Å². The number of hydrogen-bond donors (Lipinski definition) is 1. The minimum absolute atomic E-state index is 0.281. The summed E-state index contributed by atoms with van der Waals surface area (Å²) < 4.78 is 0. The fraction of sp³-hybridized carbons (Fsp3) is 0.0476. The van der Waals surface area contributed by atoms with Crippen LogP contribution in [0.3, 0.4) is 0 Å². The highest BCUT2D eigenvalue weighted by Gasteiger charge is 2.41. The number of nitrogens with zero attached hydrogens (tertiary/aromatic N) is 1. The van der Waals surface area contributed by atoms with Crippen LogP contribution < -0.4 is 0 Å². The first kappa shape index (κ1) is 27.1. The van der Waals surface area contributed by atoms with Crippen molar-refractivity contribution in [1.82, 2.24) is 0 Å². The lowest BCUT2D eigenvalue weighted by Crippen LogP contribution is -2.23. The number of rotatable bonds is 6. The highest BCUT2D eigenvalue weighted by atomic mass is 14.4. The van der Waals surface area contributed by atoms with Crippen LogP contribution in [0.5, 0.6) is 0 Å². The van der Waals surface area contributed by atoms with Crippen LogP contribution in [0.15, 0.2) is 158 Å². The van der Waals surface area contributed by atoms with Gasteiger partial charge in [-0.15, -0.1) is 0 Å². The van der Waals surface area contributed by atoms with Crippen molar-refractivity contribution < 1.29 is 0 Å². The number of nitriles is 1. The molecule has 2 nitrogen and oxygen atoms in total. The van der Waals surface area contributed by atoms with Crippen molar-refractivity contribution >= 4 is 16.5 Å². The summed E-state index contributed by atoms with van der Waals surface area (Å²) in [6.07, 6.45) is 3.04. The minimum Gasteiger partial charge on any atom is -0.300 e. The molecule has 1 aliphatic carbocycles. The molecule has 0 aliphatic heterocycles. The third kappa shape index (κ3) is 4.22. The van der Waals surface area contributed by atoms with Crippen molar-refractivity contribution in [1.29, 1.82) is 10.7 Å². The van der Waals surface area contributed by atoms with Gasteiger partial charge in [0.05, 0.1) is 17.4 Å². The molecule has 1 aliphatic rings. The smallest absolute Gasteiger partial charge is 0.0992 e. The molecule has 0 saturated heterocycles. The Kier molecular flexibility index (Phi) is 6.65. The van der Waals surface area contributed by atoms with Gasteiger partial charge in [0, 0.05) is 11.0 Å². The van der Waals surface area contributed by atoms with E-state index in [9.17, 15) is 5.26 Å². The van der Waals surface area contributed by atoms with Gasteiger partial charge in [-0.3, -0.25) is 0 Å². The first-order chi connectivity index (χ1) is 21.5. The van der Waals surface area contributed by atoms with Gasteiger partial charge in [-0.1, -0.05) is 140 Å². The van der Waals surface area contributed by atoms with Crippen molar-refractivity contribution in [2.45, 2.75) is 12.3 Å². The molecule has 0 heterocycles. The lowest BCUT2D eigenvalue weighted by Gasteiger charge is -2.31. The molecular formula is C42H30N2. The molecule has 0 amide bonds. The fourth-order valence-corrected chi connectivity index (χ4v) is 6.91. The molecule has 0 fully saturated rings. The van der Waals surface area contributed by atoms with Crippen LogP contribution in [0, 0.1) is 16.7 Å². The predicted octanol–water partition coefficient (Wildman–Crippen LogP) is 10.5. The second kappa shape index (κ2) is 10.8. The second-order valence-corrected chi connectivity index (χ2v) is 11.4. The van der Waals surface area contributed by atoms with Crippen molar-refractivity contribution in [2.75, 3.05) is 0 Å². The standard InChI is InChI=1S/C42H30N2/c1-3-28(27-43)25-41(44)30-14-12-13-29(26-30)31-23-24-34(33-16-5-4-15-32(31)33)35-17-6-9-20-38(35)42(2)39-21-10-7-18-36(39)37-19-8-11-22-40(37)42/h3-26,44H,1H2,2H3/b28-25+,44-41?. The molecule has 0 aromatic heterocycles. The van der Waals surface area contributed by atoms with Crippen LogP contribution in [-0.4, -0.2) is 5.71 Å². The summed E-state index contributed by atoms with van der Waals surface area (Å²) in [5.74, 6) is 0. The molecule has 6 aromatic rings. The average Bonchev–Trinajstić information content (AvgIpc) is 3.35. The van der Waals surface area contributed by atoms with E-state index in [2.05, 4.69) is 135 Å². The van der Waals surface area contributed by atoms with E-state index in [0.29, 0.717) is 5.57 Å². The molecule has 0 unspecified atom stereocenters. The maximum atomic E-state index is 9.31. The monoisotopic (exact) mass is 562 g/mol. The molecule has 208 valence electrons. The number of hydrogen-bond acceptors (Lipinski definition) is 2. The van der Waals surface area contributed by atoms with Gasteiger partial charge >= 0.3 is 0 Å². The SMILES string of the molecule is C=C/C(C#N)=C\C(=N)c1cccc(-c2ccc(-c3ccccc3C3(C)c4ccccc4-c4ccccc43)c3ccccc23)c1. The molecule has 0 bridgehead atoms. The third-order valence-electron chi connectivity index (χ3n) is 9.04. The van der Waals surface area contributed by atoms with E-state index in [-0.39, 0.29) is 11.1 Å². The number of allylic oxidation sites excluding steroid dienone is 3. The minimum atomic E-state index is -0.306. The molecule has 0 spiro atoms. The average molecular weight is 563 g/mol. The first-order valence-electron chi connectivity index (χ1n) is 14.8. The summed E-state index contributed by atoms with van der Waals surface area (Å²) in [5.41, 5.74) is 12.2. The lowest BCUT2D eigenvalue weighted by atomic mass is 9.71. The van der Waals surface area contributed by atoms with E-state index in [4.69, 9.17) is 5.41 Å². The molecule has 0 saturated carbocycles. The quantitative estimate of drug-likeness (QED) is 0.122. The second-order valence-electron chi connectivity index (χ2n) is 11.4. The van der Waals surface area contributed by atoms with Gasteiger partial charge in [0.2, 0.25) is 0 Å². The van der Waals surface area contributed by atoms with Crippen LogP contribution in [0.1, 0.15) is 29.2 Å². The number of nitrogens with one attached hydrogen (secondary N) is 1. The molecule has 2 heteroatoms. The summed E-state index contributed by atoms with van der Waals surface area (Å²) >= 11 is 0. The van der Waals surface area contributed by atoms with E-state index >= 15 is 0 Å². The van der Waals surface area contributed by atoms with E-state index in [1.807, 2.05) is 18.2 Å². The zero-order chi connectivity index (χ0) is 30.3. The van der Waals surface area contributed by atoms with Gasteiger partial charge in [-0.2, -0.15) is 5.26 Å². The lowest BCUT2D eigenvalue weighted by molar-refractivity contribution is 0.716. The summed E-state index contributed by atoms with van der Waals surface area (Å²) in [5, 5.41) is 20.2. The van der Waals surface area contributed by atoms with Crippen molar-refractivity contribution in [3.63, 3.8) is 0 Å². The largest absolute Gasteiger partial charge is 0.300 e. The Morgan fingerprint density at radius 3 is 1.70 bits per heavy atom. The molecule has 0 radical (unpaired) electrons. The van der Waals surface area contributed by atoms with Crippen LogP contribution in [0.4, 0.5) is 0 Å². The highest BCUT2D eigenvalue weighted by Crippen LogP contribution is 2.54. The first-order valence-corrected chi connectivity index (χ1v) is 14.8. The maximum absolute atomic E-state index is 9.31. The Hall–Kier alpha value is -5.78. The molecule has 0 atom stereocenters. The molecule has 1 N–H and O–H groups in total. The van der Waals surface area contributed by atoms with Crippen molar-refractivity contribution in [3.8, 4) is 39.4 Å². The van der Waals surface area contributed by atoms with E-state index < -0.39 is 0 Å². The fourth-order valence-electron chi connectivity index (χ4n) is 6.91. The summed E-state index contributed by atoms with van der Waals surface area (Å²) in [6.45, 7) is 6.05. The van der Waals surface area contributed by atoms with E-state index in [0.717, 1.165) is 22.1 Å². The van der Waals surface area contributed by atoms with Crippen molar-refractivity contribution in [2.24, 2.45) is 0 Å². The van der Waals surface area contributed by atoms with Gasteiger partial charge < -0.3 is 5.41 Å². The highest BCUT2D eigenvalue weighted by molar-refractivity contribution is 6.10. The Morgan fingerprint density at radius 2 is 1.14 bits per heavy atom.